The predicted molar refractivity (Wildman–Crippen MR) is 74.6 cm³/mol. The Morgan fingerprint density at radius 2 is 1.85 bits per heavy atom. The molecule has 2 N–H and O–H groups in total. The molecule has 1 aromatic heterocycles. The summed E-state index contributed by atoms with van der Waals surface area (Å²) in [5.41, 5.74) is 7.10. The molecule has 7 nitrogen and oxygen atoms in total. The van der Waals surface area contributed by atoms with Crippen LogP contribution in [0.5, 0.6) is 11.5 Å². The van der Waals surface area contributed by atoms with Crippen LogP contribution >= 0.6 is 0 Å². The Balaban J connectivity index is 2.39. The number of rotatable bonds is 5. The van der Waals surface area contributed by atoms with E-state index in [9.17, 15) is 0 Å². The molecule has 1 aromatic carbocycles. The molecule has 2 rings (SSSR count). The molecule has 0 aliphatic heterocycles. The summed E-state index contributed by atoms with van der Waals surface area (Å²) in [5, 5.41) is 3.92. The van der Waals surface area contributed by atoms with Gasteiger partial charge in [0.25, 0.3) is 5.89 Å². The van der Waals surface area contributed by atoms with E-state index in [1.165, 1.54) is 0 Å². The fourth-order valence-electron chi connectivity index (χ4n) is 1.79. The zero-order valence-corrected chi connectivity index (χ0v) is 12.0. The van der Waals surface area contributed by atoms with Gasteiger partial charge in [0, 0.05) is 11.8 Å². The number of ether oxygens (including phenoxy) is 2. The van der Waals surface area contributed by atoms with Crippen molar-refractivity contribution in [3.05, 3.63) is 18.0 Å². The number of hydrogen-bond acceptors (Lipinski definition) is 7. The Kier molecular flexibility index (Phi) is 4.09. The molecule has 20 heavy (non-hydrogen) atoms. The van der Waals surface area contributed by atoms with Crippen molar-refractivity contribution in [3.63, 3.8) is 0 Å². The predicted octanol–water partition coefficient (Wildman–Crippen LogP) is 1.40. The molecule has 0 atom stereocenters. The molecular formula is C13H18N4O3. The van der Waals surface area contributed by atoms with E-state index in [1.807, 2.05) is 19.0 Å². The van der Waals surface area contributed by atoms with Crippen molar-refractivity contribution in [1.82, 2.24) is 15.0 Å². The number of nitrogen functional groups attached to an aromatic ring is 1. The van der Waals surface area contributed by atoms with Gasteiger partial charge in [-0.25, -0.2) is 0 Å². The Bertz CT molecular complexity index is 595. The van der Waals surface area contributed by atoms with E-state index in [0.717, 1.165) is 0 Å². The van der Waals surface area contributed by atoms with E-state index in [2.05, 4.69) is 10.1 Å². The van der Waals surface area contributed by atoms with Crippen molar-refractivity contribution in [2.75, 3.05) is 34.0 Å². The molecule has 7 heteroatoms. The van der Waals surface area contributed by atoms with Crippen LogP contribution in [0.3, 0.4) is 0 Å². The van der Waals surface area contributed by atoms with Crippen molar-refractivity contribution in [2.24, 2.45) is 0 Å². The molecule has 0 aliphatic rings. The molecule has 1 heterocycles. The van der Waals surface area contributed by atoms with Crippen molar-refractivity contribution in [3.8, 4) is 23.0 Å². The van der Waals surface area contributed by atoms with E-state index >= 15 is 0 Å². The normalized spacial score (nSPS) is 10.8. The molecule has 0 amide bonds. The van der Waals surface area contributed by atoms with Crippen LogP contribution in [0.15, 0.2) is 16.7 Å². The lowest BCUT2D eigenvalue weighted by molar-refractivity contribution is 0.354. The summed E-state index contributed by atoms with van der Waals surface area (Å²) in [6.07, 6.45) is 0. The van der Waals surface area contributed by atoms with Gasteiger partial charge in [0.2, 0.25) is 0 Å². The Morgan fingerprint density at radius 1 is 1.20 bits per heavy atom. The zero-order chi connectivity index (χ0) is 14.7. The number of nitrogens with zero attached hydrogens (tertiary/aromatic N) is 3. The Morgan fingerprint density at radius 3 is 2.45 bits per heavy atom. The smallest absolute Gasteiger partial charge is 0.260 e. The van der Waals surface area contributed by atoms with Crippen molar-refractivity contribution in [2.45, 2.75) is 6.54 Å². The molecule has 0 fully saturated rings. The van der Waals surface area contributed by atoms with E-state index in [4.69, 9.17) is 19.7 Å². The molecule has 0 saturated carbocycles. The van der Waals surface area contributed by atoms with Crippen LogP contribution in [0.4, 0.5) is 5.69 Å². The Labute approximate surface area is 117 Å². The third-order valence-electron chi connectivity index (χ3n) is 2.71. The average Bonchev–Trinajstić information content (AvgIpc) is 2.85. The maximum atomic E-state index is 5.99. The first-order valence-corrected chi connectivity index (χ1v) is 6.04. The minimum Gasteiger partial charge on any atom is -0.493 e. The fourth-order valence-corrected chi connectivity index (χ4v) is 1.79. The second kappa shape index (κ2) is 5.79. The van der Waals surface area contributed by atoms with Gasteiger partial charge in [-0.05, 0) is 20.2 Å². The van der Waals surface area contributed by atoms with Crippen molar-refractivity contribution >= 4 is 5.69 Å². The minimum atomic E-state index is 0.361. The zero-order valence-electron chi connectivity index (χ0n) is 12.0. The van der Waals surface area contributed by atoms with E-state index in [1.54, 1.807) is 26.4 Å². The van der Waals surface area contributed by atoms with E-state index < -0.39 is 0 Å². The first kappa shape index (κ1) is 14.1. The second-order valence-corrected chi connectivity index (χ2v) is 4.55. The van der Waals surface area contributed by atoms with Gasteiger partial charge in [-0.2, -0.15) is 4.98 Å². The van der Waals surface area contributed by atoms with E-state index in [0.29, 0.717) is 41.0 Å². The summed E-state index contributed by atoms with van der Waals surface area (Å²) < 4.78 is 15.7. The third-order valence-corrected chi connectivity index (χ3v) is 2.71. The molecule has 108 valence electrons. The van der Waals surface area contributed by atoms with Crippen LogP contribution in [0.2, 0.25) is 0 Å². The molecule has 0 aliphatic carbocycles. The number of benzene rings is 1. The molecular weight excluding hydrogens is 260 g/mol. The molecule has 0 spiro atoms. The number of anilines is 1. The lowest BCUT2D eigenvalue weighted by atomic mass is 10.1. The topological polar surface area (TPSA) is 86.6 Å². The molecule has 0 radical (unpaired) electrons. The molecule has 0 unspecified atom stereocenters. The Hall–Kier alpha value is -2.28. The van der Waals surface area contributed by atoms with Crippen molar-refractivity contribution in [1.29, 1.82) is 0 Å². The largest absolute Gasteiger partial charge is 0.493 e. The quantitative estimate of drug-likeness (QED) is 0.827. The number of methoxy groups -OCH3 is 2. The summed E-state index contributed by atoms with van der Waals surface area (Å²) >= 11 is 0. The van der Waals surface area contributed by atoms with Gasteiger partial charge >= 0.3 is 0 Å². The SMILES string of the molecule is COc1cc(N)c(-c2nc(CN(C)C)no2)cc1OC. The van der Waals surface area contributed by atoms with Crippen LogP contribution in [-0.2, 0) is 6.54 Å². The summed E-state index contributed by atoms with van der Waals surface area (Å²) in [5.74, 6) is 2.07. The molecule has 2 aromatic rings. The summed E-state index contributed by atoms with van der Waals surface area (Å²) in [4.78, 5) is 6.27. The monoisotopic (exact) mass is 278 g/mol. The molecule has 0 bridgehead atoms. The highest BCUT2D eigenvalue weighted by atomic mass is 16.5. The maximum Gasteiger partial charge on any atom is 0.260 e. The van der Waals surface area contributed by atoms with Gasteiger partial charge < -0.3 is 24.6 Å². The lowest BCUT2D eigenvalue weighted by Crippen LogP contribution is -2.11. The summed E-state index contributed by atoms with van der Waals surface area (Å²) in [7, 11) is 6.98. The first-order chi connectivity index (χ1) is 9.55. The standard InChI is InChI=1S/C13H18N4O3/c1-17(2)7-12-15-13(20-16-12)8-5-10(18-3)11(19-4)6-9(8)14/h5-6H,7,14H2,1-4H3. The van der Waals surface area contributed by atoms with Crippen molar-refractivity contribution < 1.29 is 14.0 Å². The fraction of sp³-hybridized carbons (Fsp3) is 0.385. The van der Waals surface area contributed by atoms with E-state index in [-0.39, 0.29) is 0 Å². The van der Waals surface area contributed by atoms with Crippen LogP contribution in [0, 0.1) is 0 Å². The van der Waals surface area contributed by atoms with Crippen LogP contribution in [0.25, 0.3) is 11.5 Å². The van der Waals surface area contributed by atoms with Gasteiger partial charge in [-0.3, -0.25) is 0 Å². The highest BCUT2D eigenvalue weighted by Crippen LogP contribution is 2.36. The van der Waals surface area contributed by atoms with Gasteiger partial charge in [-0.1, -0.05) is 5.16 Å². The van der Waals surface area contributed by atoms with Crippen LogP contribution in [0.1, 0.15) is 5.82 Å². The van der Waals surface area contributed by atoms with Gasteiger partial charge in [-0.15, -0.1) is 0 Å². The highest BCUT2D eigenvalue weighted by molar-refractivity contribution is 5.75. The lowest BCUT2D eigenvalue weighted by Gasteiger charge is -2.10. The summed E-state index contributed by atoms with van der Waals surface area (Å²) in [6, 6.07) is 3.39. The van der Waals surface area contributed by atoms with Gasteiger partial charge in [0.15, 0.2) is 17.3 Å². The molecule has 0 saturated heterocycles. The minimum absolute atomic E-state index is 0.361. The summed E-state index contributed by atoms with van der Waals surface area (Å²) in [6.45, 7) is 0.594. The highest BCUT2D eigenvalue weighted by Gasteiger charge is 2.16. The first-order valence-electron chi connectivity index (χ1n) is 6.04. The third kappa shape index (κ3) is 2.83. The van der Waals surface area contributed by atoms with Crippen LogP contribution in [-0.4, -0.2) is 43.4 Å². The van der Waals surface area contributed by atoms with Crippen LogP contribution < -0.4 is 15.2 Å². The maximum absolute atomic E-state index is 5.99. The van der Waals surface area contributed by atoms with Gasteiger partial charge in [0.05, 0.1) is 26.3 Å². The number of hydrogen-bond donors (Lipinski definition) is 1. The number of nitrogens with two attached hydrogens (primary N) is 1. The number of aromatic nitrogens is 2. The average molecular weight is 278 g/mol. The van der Waals surface area contributed by atoms with Gasteiger partial charge in [0.1, 0.15) is 0 Å². The second-order valence-electron chi connectivity index (χ2n) is 4.55.